The first-order valence-corrected chi connectivity index (χ1v) is 5.85. The van der Waals surface area contributed by atoms with Gasteiger partial charge in [-0.1, -0.05) is 0 Å². The first kappa shape index (κ1) is 12.0. The van der Waals surface area contributed by atoms with Crippen LogP contribution in [-0.2, 0) is 19.1 Å². The number of esters is 2. The summed E-state index contributed by atoms with van der Waals surface area (Å²) in [5.74, 6) is -2.36. The summed E-state index contributed by atoms with van der Waals surface area (Å²) in [5, 5.41) is 3.15. The lowest BCUT2D eigenvalue weighted by molar-refractivity contribution is -0.222. The van der Waals surface area contributed by atoms with Crippen LogP contribution in [0, 0.1) is 0 Å². The van der Waals surface area contributed by atoms with Crippen molar-refractivity contribution in [1.82, 2.24) is 5.32 Å². The molecule has 0 amide bonds. The Balaban J connectivity index is 2.29. The summed E-state index contributed by atoms with van der Waals surface area (Å²) in [7, 11) is 0. The normalized spacial score (nSPS) is 28.3. The van der Waals surface area contributed by atoms with Gasteiger partial charge in [-0.05, 0) is 26.2 Å². The van der Waals surface area contributed by atoms with E-state index < -0.39 is 17.7 Å². The number of hydrogen-bond acceptors (Lipinski definition) is 5. The van der Waals surface area contributed by atoms with Crippen LogP contribution in [0.4, 0.5) is 0 Å². The van der Waals surface area contributed by atoms with Crippen LogP contribution in [0.25, 0.3) is 0 Å². The molecular weight excluding hydrogens is 222 g/mol. The minimum atomic E-state index is -1.17. The number of rotatable bonds is 0. The zero-order chi connectivity index (χ0) is 12.6. The van der Waals surface area contributed by atoms with Crippen LogP contribution < -0.4 is 5.32 Å². The summed E-state index contributed by atoms with van der Waals surface area (Å²) < 4.78 is 10.1. The van der Waals surface area contributed by atoms with Crippen molar-refractivity contribution in [3.8, 4) is 0 Å². The van der Waals surface area contributed by atoms with Crippen LogP contribution in [0.1, 0.15) is 40.0 Å². The highest BCUT2D eigenvalue weighted by atomic mass is 16.7. The molecule has 2 aliphatic heterocycles. The maximum Gasteiger partial charge on any atom is 0.350 e. The van der Waals surface area contributed by atoms with Crippen LogP contribution >= 0.6 is 0 Å². The summed E-state index contributed by atoms with van der Waals surface area (Å²) in [6.45, 7) is 5.10. The molecule has 1 atom stereocenters. The summed E-state index contributed by atoms with van der Waals surface area (Å²) in [4.78, 5) is 23.6. The Morgan fingerprint density at radius 3 is 2.35 bits per heavy atom. The average molecular weight is 239 g/mol. The number of carbonyl (C=O) groups excluding carboxylic acids is 2. The Morgan fingerprint density at radius 1 is 1.24 bits per heavy atom. The Bertz CT molecular complexity index is 375. The molecule has 2 heterocycles. The summed E-state index contributed by atoms with van der Waals surface area (Å²) in [6, 6.07) is 0.266. The van der Waals surface area contributed by atoms with E-state index in [4.69, 9.17) is 9.47 Å². The smallest absolute Gasteiger partial charge is 0.350 e. The molecular formula is C12H17NO4. The Labute approximate surface area is 100 Å². The maximum atomic E-state index is 11.8. The van der Waals surface area contributed by atoms with Crippen molar-refractivity contribution in [2.24, 2.45) is 0 Å². The van der Waals surface area contributed by atoms with Gasteiger partial charge >= 0.3 is 11.9 Å². The van der Waals surface area contributed by atoms with Crippen molar-refractivity contribution in [2.75, 3.05) is 0 Å². The van der Waals surface area contributed by atoms with Crippen LogP contribution in [-0.4, -0.2) is 23.8 Å². The first-order chi connectivity index (χ1) is 7.89. The molecule has 0 aliphatic carbocycles. The highest BCUT2D eigenvalue weighted by Gasteiger charge is 2.41. The third-order valence-corrected chi connectivity index (χ3v) is 2.87. The topological polar surface area (TPSA) is 64.6 Å². The molecule has 94 valence electrons. The van der Waals surface area contributed by atoms with Gasteiger partial charge in [0.1, 0.15) is 0 Å². The number of nitrogens with one attached hydrogen (secondary N) is 1. The Kier molecular flexibility index (Phi) is 2.85. The quantitative estimate of drug-likeness (QED) is 0.391. The van der Waals surface area contributed by atoms with Crippen molar-refractivity contribution < 1.29 is 19.1 Å². The molecule has 5 heteroatoms. The minimum absolute atomic E-state index is 0.0240. The van der Waals surface area contributed by atoms with Gasteiger partial charge in [0.05, 0.1) is 0 Å². The molecule has 2 aliphatic rings. The predicted molar refractivity (Wildman–Crippen MR) is 59.7 cm³/mol. The van der Waals surface area contributed by atoms with Gasteiger partial charge in [0.2, 0.25) is 0 Å². The standard InChI is InChI=1S/C12H17NO4/c1-7-5-4-6-8(13-7)9-10(14)16-12(2,3)17-11(9)15/h7,13H,4-6H2,1-3H3. The fourth-order valence-corrected chi connectivity index (χ4v) is 2.12. The minimum Gasteiger partial charge on any atom is -0.419 e. The van der Waals surface area contributed by atoms with E-state index in [-0.39, 0.29) is 11.6 Å². The number of allylic oxidation sites excluding steroid dienone is 1. The van der Waals surface area contributed by atoms with E-state index in [1.54, 1.807) is 13.8 Å². The van der Waals surface area contributed by atoms with Crippen LogP contribution in [0.3, 0.4) is 0 Å². The highest BCUT2D eigenvalue weighted by Crippen LogP contribution is 2.27. The van der Waals surface area contributed by atoms with Gasteiger partial charge in [-0.2, -0.15) is 0 Å². The Hall–Kier alpha value is -1.52. The number of ether oxygens (including phenoxy) is 2. The number of carbonyl (C=O) groups is 2. The number of piperidine rings is 1. The van der Waals surface area contributed by atoms with E-state index in [2.05, 4.69) is 5.32 Å². The van der Waals surface area contributed by atoms with E-state index in [1.807, 2.05) is 6.92 Å². The number of cyclic esters (lactones) is 2. The molecule has 2 saturated heterocycles. The molecule has 1 unspecified atom stereocenters. The molecule has 0 bridgehead atoms. The SMILES string of the molecule is CC1CCCC(=C2C(=O)OC(C)(C)OC2=O)N1. The zero-order valence-corrected chi connectivity index (χ0v) is 10.3. The number of hydrogen-bond donors (Lipinski definition) is 1. The largest absolute Gasteiger partial charge is 0.419 e. The van der Waals surface area contributed by atoms with Gasteiger partial charge in [-0.15, -0.1) is 0 Å². The van der Waals surface area contributed by atoms with Gasteiger partial charge in [-0.3, -0.25) is 0 Å². The summed E-state index contributed by atoms with van der Waals surface area (Å²) in [5.41, 5.74) is 0.671. The van der Waals surface area contributed by atoms with E-state index in [0.717, 1.165) is 12.8 Å². The summed E-state index contributed by atoms with van der Waals surface area (Å²) >= 11 is 0. The molecule has 1 N–H and O–H groups in total. The lowest BCUT2D eigenvalue weighted by Crippen LogP contribution is -2.44. The Morgan fingerprint density at radius 2 is 1.82 bits per heavy atom. The third kappa shape index (κ3) is 2.43. The maximum absolute atomic E-state index is 11.8. The molecule has 5 nitrogen and oxygen atoms in total. The molecule has 0 radical (unpaired) electrons. The van der Waals surface area contributed by atoms with E-state index in [0.29, 0.717) is 12.1 Å². The molecule has 0 spiro atoms. The first-order valence-electron chi connectivity index (χ1n) is 5.85. The fourth-order valence-electron chi connectivity index (χ4n) is 2.12. The second-order valence-corrected chi connectivity index (χ2v) is 4.97. The molecule has 2 fully saturated rings. The second-order valence-electron chi connectivity index (χ2n) is 4.97. The fraction of sp³-hybridized carbons (Fsp3) is 0.667. The zero-order valence-electron chi connectivity index (χ0n) is 10.3. The van der Waals surface area contributed by atoms with E-state index in [1.165, 1.54) is 0 Å². The van der Waals surface area contributed by atoms with Gasteiger partial charge in [0.15, 0.2) is 5.57 Å². The van der Waals surface area contributed by atoms with Crippen LogP contribution in [0.15, 0.2) is 11.3 Å². The monoisotopic (exact) mass is 239 g/mol. The van der Waals surface area contributed by atoms with Gasteiger partial charge in [-0.25, -0.2) is 9.59 Å². The molecule has 17 heavy (non-hydrogen) atoms. The van der Waals surface area contributed by atoms with Gasteiger partial charge < -0.3 is 14.8 Å². The van der Waals surface area contributed by atoms with Crippen molar-refractivity contribution in [1.29, 1.82) is 0 Å². The molecule has 0 saturated carbocycles. The lowest BCUT2D eigenvalue weighted by atomic mass is 9.99. The second kappa shape index (κ2) is 4.05. The van der Waals surface area contributed by atoms with Gasteiger partial charge in [0, 0.05) is 25.6 Å². The van der Waals surface area contributed by atoms with Crippen molar-refractivity contribution >= 4 is 11.9 Å². The molecule has 0 aromatic heterocycles. The van der Waals surface area contributed by atoms with E-state index in [9.17, 15) is 9.59 Å². The molecule has 0 aromatic rings. The summed E-state index contributed by atoms with van der Waals surface area (Å²) in [6.07, 6.45) is 2.67. The van der Waals surface area contributed by atoms with Gasteiger partial charge in [0.25, 0.3) is 5.79 Å². The predicted octanol–water partition coefficient (Wildman–Crippen LogP) is 1.24. The molecule has 2 rings (SSSR count). The van der Waals surface area contributed by atoms with Crippen LogP contribution in [0.2, 0.25) is 0 Å². The van der Waals surface area contributed by atoms with Crippen molar-refractivity contribution in [3.63, 3.8) is 0 Å². The van der Waals surface area contributed by atoms with Crippen molar-refractivity contribution in [3.05, 3.63) is 11.3 Å². The molecule has 0 aromatic carbocycles. The van der Waals surface area contributed by atoms with Crippen LogP contribution in [0.5, 0.6) is 0 Å². The van der Waals surface area contributed by atoms with E-state index >= 15 is 0 Å². The highest BCUT2D eigenvalue weighted by molar-refractivity contribution is 6.16. The third-order valence-electron chi connectivity index (χ3n) is 2.87. The van der Waals surface area contributed by atoms with Crippen molar-refractivity contribution in [2.45, 2.75) is 51.9 Å². The lowest BCUT2D eigenvalue weighted by Gasteiger charge is -2.32. The average Bonchev–Trinajstić information content (AvgIpc) is 2.13.